The largest absolute Gasteiger partial charge is 0.507 e. The van der Waals surface area contributed by atoms with Gasteiger partial charge in [0.05, 0.1) is 5.56 Å². The zero-order chi connectivity index (χ0) is 24.4. The number of carboxylic acid groups (broad SMARTS) is 1. The molecule has 0 bridgehead atoms. The number of aromatic hydroxyl groups is 1. The van der Waals surface area contributed by atoms with E-state index in [0.717, 1.165) is 11.1 Å². The molecule has 0 aliphatic heterocycles. The van der Waals surface area contributed by atoms with Gasteiger partial charge >= 0.3 is 5.97 Å². The molecular weight excluding hydrogens is 418 g/mol. The normalized spacial score (nSPS) is 10.2. The molecule has 0 saturated heterocycles. The zero-order valence-electron chi connectivity index (χ0n) is 18.5. The quantitative estimate of drug-likeness (QED) is 0.269. The Kier molecular flexibility index (Phi) is 8.94. The third kappa shape index (κ3) is 6.80. The summed E-state index contributed by atoms with van der Waals surface area (Å²) >= 11 is 0. The van der Waals surface area contributed by atoms with Crippen LogP contribution < -0.4 is 11.1 Å². The van der Waals surface area contributed by atoms with E-state index in [9.17, 15) is 14.7 Å². The highest BCUT2D eigenvalue weighted by atomic mass is 16.4. The first-order valence-electron chi connectivity index (χ1n) is 10.4. The third-order valence-corrected chi connectivity index (χ3v) is 4.61. The molecule has 6 N–H and O–H groups in total. The molecule has 7 nitrogen and oxygen atoms in total. The highest BCUT2D eigenvalue weighted by Gasteiger charge is 2.08. The lowest BCUT2D eigenvalue weighted by atomic mass is 10.0. The summed E-state index contributed by atoms with van der Waals surface area (Å²) < 4.78 is 0. The summed E-state index contributed by atoms with van der Waals surface area (Å²) in [5.74, 6) is -1.30. The fourth-order valence-corrected chi connectivity index (χ4v) is 2.94. The molecule has 1 amide bonds. The fraction of sp³-hybridized carbons (Fsp3) is 0.115. The highest BCUT2D eigenvalue weighted by molar-refractivity contribution is 5.96. The predicted octanol–water partition coefficient (Wildman–Crippen LogP) is 4.51. The molecule has 33 heavy (non-hydrogen) atoms. The van der Waals surface area contributed by atoms with E-state index in [-0.39, 0.29) is 29.6 Å². The van der Waals surface area contributed by atoms with E-state index in [1.807, 2.05) is 19.9 Å². The first-order chi connectivity index (χ1) is 15.8. The van der Waals surface area contributed by atoms with Crippen molar-refractivity contribution in [2.45, 2.75) is 13.8 Å². The number of phenolic OH excluding ortho intramolecular Hbond substituents is 1. The van der Waals surface area contributed by atoms with Gasteiger partial charge in [-0.3, -0.25) is 10.2 Å². The molecular formula is C26H27N3O4. The maximum Gasteiger partial charge on any atom is 0.335 e. The average Bonchev–Trinajstić information content (AvgIpc) is 2.84. The van der Waals surface area contributed by atoms with E-state index in [4.69, 9.17) is 16.2 Å². The van der Waals surface area contributed by atoms with Gasteiger partial charge in [-0.15, -0.1) is 0 Å². The van der Waals surface area contributed by atoms with Crippen LogP contribution >= 0.6 is 0 Å². The number of hydrogen-bond donors (Lipinski definition) is 5. The molecule has 0 unspecified atom stereocenters. The molecule has 0 radical (unpaired) electrons. The van der Waals surface area contributed by atoms with Crippen molar-refractivity contribution in [3.05, 3.63) is 95.1 Å². The lowest BCUT2D eigenvalue weighted by Crippen LogP contribution is -2.23. The van der Waals surface area contributed by atoms with E-state index >= 15 is 0 Å². The Morgan fingerprint density at radius 2 is 1.61 bits per heavy atom. The molecule has 0 aliphatic rings. The van der Waals surface area contributed by atoms with Crippen LogP contribution in [0.4, 0.5) is 0 Å². The van der Waals surface area contributed by atoms with Gasteiger partial charge < -0.3 is 21.3 Å². The summed E-state index contributed by atoms with van der Waals surface area (Å²) in [4.78, 5) is 23.5. The average molecular weight is 446 g/mol. The minimum absolute atomic E-state index is 0.0510. The lowest BCUT2D eigenvalue weighted by molar-refractivity contribution is 0.0696. The molecule has 0 saturated carbocycles. The number of amidine groups is 1. The molecule has 7 heteroatoms. The number of benzene rings is 3. The van der Waals surface area contributed by atoms with E-state index in [2.05, 4.69) is 5.32 Å². The van der Waals surface area contributed by atoms with Crippen molar-refractivity contribution in [2.24, 2.45) is 5.73 Å². The summed E-state index contributed by atoms with van der Waals surface area (Å²) in [5, 5.41) is 29.2. The number of hydrogen-bond acceptors (Lipinski definition) is 4. The molecule has 3 rings (SSSR count). The number of carbonyl (C=O) groups excluding carboxylic acids is 1. The fourth-order valence-electron chi connectivity index (χ4n) is 2.94. The molecule has 0 heterocycles. The van der Waals surface area contributed by atoms with Crippen molar-refractivity contribution in [1.29, 1.82) is 5.41 Å². The van der Waals surface area contributed by atoms with Gasteiger partial charge in [-0.05, 0) is 53.6 Å². The Morgan fingerprint density at radius 1 is 0.939 bits per heavy atom. The van der Waals surface area contributed by atoms with Crippen LogP contribution in [0.2, 0.25) is 0 Å². The van der Waals surface area contributed by atoms with Gasteiger partial charge in [0.15, 0.2) is 0 Å². The second-order valence-corrected chi connectivity index (χ2v) is 6.76. The monoisotopic (exact) mass is 445 g/mol. The van der Waals surface area contributed by atoms with E-state index in [0.29, 0.717) is 16.7 Å². The number of carbonyl (C=O) groups is 2. The Bertz CT molecular complexity index is 1170. The first kappa shape index (κ1) is 24.9. The van der Waals surface area contributed by atoms with Crippen LogP contribution in [0.25, 0.3) is 17.2 Å². The molecule has 0 atom stereocenters. The Hall–Kier alpha value is -4.39. The van der Waals surface area contributed by atoms with Crippen LogP contribution in [0.5, 0.6) is 5.75 Å². The molecule has 0 aromatic heterocycles. The van der Waals surface area contributed by atoms with Crippen molar-refractivity contribution in [3.8, 4) is 16.9 Å². The van der Waals surface area contributed by atoms with Gasteiger partial charge in [0.25, 0.3) is 5.91 Å². The number of aromatic carboxylic acids is 1. The Labute approximate surface area is 192 Å². The van der Waals surface area contributed by atoms with Crippen LogP contribution in [0.15, 0.2) is 72.8 Å². The maximum atomic E-state index is 12.3. The number of phenols is 1. The number of nitrogens with two attached hydrogens (primary N) is 1. The van der Waals surface area contributed by atoms with Crippen molar-refractivity contribution in [3.63, 3.8) is 0 Å². The number of amides is 1. The molecule has 3 aromatic rings. The highest BCUT2D eigenvalue weighted by Crippen LogP contribution is 2.22. The van der Waals surface area contributed by atoms with Gasteiger partial charge in [0, 0.05) is 23.2 Å². The second-order valence-electron chi connectivity index (χ2n) is 6.76. The van der Waals surface area contributed by atoms with E-state index in [1.165, 1.54) is 12.1 Å². The number of nitrogens with one attached hydrogen (secondary N) is 2. The summed E-state index contributed by atoms with van der Waals surface area (Å²) in [6.07, 6.45) is 3.32. The van der Waals surface area contributed by atoms with Crippen LogP contribution in [-0.4, -0.2) is 34.5 Å². The predicted molar refractivity (Wildman–Crippen MR) is 131 cm³/mol. The van der Waals surface area contributed by atoms with Gasteiger partial charge in [-0.1, -0.05) is 50.3 Å². The molecule has 0 spiro atoms. The van der Waals surface area contributed by atoms with Crippen LogP contribution in [-0.2, 0) is 0 Å². The van der Waals surface area contributed by atoms with E-state index < -0.39 is 5.97 Å². The topological polar surface area (TPSA) is 136 Å². The number of nitrogen functional groups attached to an aromatic ring is 1. The molecule has 0 fully saturated rings. The summed E-state index contributed by atoms with van der Waals surface area (Å²) in [6, 6.07) is 18.1. The lowest BCUT2D eigenvalue weighted by Gasteiger charge is -2.06. The minimum Gasteiger partial charge on any atom is -0.507 e. The smallest absolute Gasteiger partial charge is 0.335 e. The van der Waals surface area contributed by atoms with Crippen LogP contribution in [0.3, 0.4) is 0 Å². The van der Waals surface area contributed by atoms with Crippen LogP contribution in [0, 0.1) is 5.41 Å². The minimum atomic E-state index is -0.993. The first-order valence-corrected chi connectivity index (χ1v) is 10.4. The SMILES string of the molecule is CC.N=C(N)c1ccc(O)c(/C=C/CNC(=O)c2ccc(-c3cccc(C(=O)O)c3)cc2)c1. The Balaban J connectivity index is 0.00000187. The third-order valence-electron chi connectivity index (χ3n) is 4.61. The zero-order valence-corrected chi connectivity index (χ0v) is 18.5. The summed E-state index contributed by atoms with van der Waals surface area (Å²) in [6.45, 7) is 4.24. The maximum absolute atomic E-state index is 12.3. The second kappa shape index (κ2) is 11.9. The van der Waals surface area contributed by atoms with Gasteiger partial charge in [-0.25, -0.2) is 4.79 Å². The molecule has 0 aliphatic carbocycles. The van der Waals surface area contributed by atoms with Crippen molar-refractivity contribution < 1.29 is 19.8 Å². The van der Waals surface area contributed by atoms with E-state index in [1.54, 1.807) is 60.7 Å². The van der Waals surface area contributed by atoms with Gasteiger partial charge in [0.2, 0.25) is 0 Å². The summed E-state index contributed by atoms with van der Waals surface area (Å²) in [7, 11) is 0. The molecule has 170 valence electrons. The number of rotatable bonds is 7. The van der Waals surface area contributed by atoms with Gasteiger partial charge in [-0.2, -0.15) is 0 Å². The summed E-state index contributed by atoms with van der Waals surface area (Å²) in [5.41, 5.74) is 8.67. The van der Waals surface area contributed by atoms with Gasteiger partial charge in [0.1, 0.15) is 11.6 Å². The van der Waals surface area contributed by atoms with Crippen molar-refractivity contribution in [1.82, 2.24) is 5.32 Å². The van der Waals surface area contributed by atoms with Crippen LogP contribution in [0.1, 0.15) is 45.7 Å². The Morgan fingerprint density at radius 3 is 2.24 bits per heavy atom. The van der Waals surface area contributed by atoms with Crippen molar-refractivity contribution >= 4 is 23.8 Å². The number of carboxylic acids is 1. The molecule has 3 aromatic carbocycles. The standard InChI is InChI=1S/C24H21N3O4.C2H6/c25-22(26)19-10-11-21(28)18(14-19)5-2-12-27-23(29)16-8-6-15(7-9-16)17-3-1-4-20(13-17)24(30)31;1-2/h1-11,13-14,28H,12H2,(H3,25,26)(H,27,29)(H,30,31);1-2H3/b5-2+;. The van der Waals surface area contributed by atoms with Crippen molar-refractivity contribution in [2.75, 3.05) is 6.54 Å².